The van der Waals surface area contributed by atoms with Crippen molar-refractivity contribution in [3.63, 3.8) is 0 Å². The Morgan fingerprint density at radius 1 is 0.507 bits per heavy atom. The Labute approximate surface area is 421 Å². The number of hydrogen-bond acceptors (Lipinski definition) is 15. The van der Waals surface area contributed by atoms with Crippen molar-refractivity contribution in [3.05, 3.63) is 85.1 Å². The average Bonchev–Trinajstić information content (AvgIpc) is 3.32. The number of aliphatic hydroxyl groups excluding tert-OH is 6. The maximum absolute atomic E-state index is 13.0. The highest BCUT2D eigenvalue weighted by atomic mass is 31.2. The molecule has 0 aliphatic heterocycles. The zero-order valence-corrected chi connectivity index (χ0v) is 43.6. The summed E-state index contributed by atoms with van der Waals surface area (Å²) < 4.78 is 49.2. The van der Waals surface area contributed by atoms with E-state index in [1.165, 1.54) is 38.5 Å². The van der Waals surface area contributed by atoms with Gasteiger partial charge >= 0.3 is 27.6 Å². The molecule has 0 aromatic heterocycles. The number of phosphoric acid groups is 2. The van der Waals surface area contributed by atoms with Gasteiger partial charge in [0.05, 0.1) is 18.8 Å². The second-order valence-electron chi connectivity index (χ2n) is 17.5. The van der Waals surface area contributed by atoms with E-state index in [0.717, 1.165) is 57.8 Å². The van der Waals surface area contributed by atoms with E-state index in [1.54, 1.807) is 6.08 Å². The van der Waals surface area contributed by atoms with Gasteiger partial charge in [0.25, 0.3) is 0 Å². The first-order chi connectivity index (χ1) is 33.9. The Hall–Kier alpha value is -2.90. The normalized spacial score (nSPS) is 22.5. The third-order valence-electron chi connectivity index (χ3n) is 11.1. The van der Waals surface area contributed by atoms with Crippen LogP contribution in [0.1, 0.15) is 155 Å². The van der Waals surface area contributed by atoms with Gasteiger partial charge < -0.3 is 54.8 Å². The minimum atomic E-state index is -5.41. The molecule has 9 N–H and O–H groups in total. The molecule has 20 heteroatoms. The first-order valence-electron chi connectivity index (χ1n) is 25.3. The van der Waals surface area contributed by atoms with Crippen LogP contribution in [-0.2, 0) is 41.8 Å². The van der Waals surface area contributed by atoms with Crippen LogP contribution in [0.25, 0.3) is 0 Å². The van der Waals surface area contributed by atoms with Crippen LogP contribution in [0.15, 0.2) is 85.1 Å². The highest BCUT2D eigenvalue weighted by molar-refractivity contribution is 7.47. The number of carbonyl (C=O) groups excluding carboxylic acids is 2. The van der Waals surface area contributed by atoms with Crippen molar-refractivity contribution in [2.75, 3.05) is 13.2 Å². The van der Waals surface area contributed by atoms with Crippen LogP contribution in [-0.4, -0.2) is 125 Å². The summed E-state index contributed by atoms with van der Waals surface area (Å²) >= 11 is 0. The van der Waals surface area contributed by atoms with E-state index in [1.807, 2.05) is 12.2 Å². The lowest BCUT2D eigenvalue weighted by Gasteiger charge is -2.43. The maximum Gasteiger partial charge on any atom is 0.472 e. The number of aliphatic hydroxyl groups is 6. The number of phosphoric ester groups is 2. The SMILES string of the molecule is CCCCC/C=C\C/C=C\C/C=C\C/C=C\CCCCCC(=O)OC[C@H](COP(=O)(O)O[C@H]1C(O)C(O)C(O)[C@@H](OP(=O)(O)O)C1O)OC(=O)CCCC(O)C(O)C/C=C\C/C=C\C/C=C\CCCCC. The number of carbonyl (C=O) groups is 2. The van der Waals surface area contributed by atoms with Crippen LogP contribution >= 0.6 is 15.6 Å². The Morgan fingerprint density at radius 3 is 1.45 bits per heavy atom. The molecule has 1 rings (SSSR count). The molecule has 0 amide bonds. The largest absolute Gasteiger partial charge is 0.472 e. The number of hydrogen-bond donors (Lipinski definition) is 9. The molecule has 18 nitrogen and oxygen atoms in total. The lowest BCUT2D eigenvalue weighted by molar-refractivity contribution is -0.216. The number of esters is 2. The first kappa shape index (κ1) is 66.1. The van der Waals surface area contributed by atoms with E-state index in [-0.39, 0.29) is 32.1 Å². The fraction of sp³-hybridized carbons (Fsp3) is 0.686. The zero-order valence-electron chi connectivity index (χ0n) is 41.8. The minimum Gasteiger partial charge on any atom is -0.462 e. The van der Waals surface area contributed by atoms with Gasteiger partial charge in [-0.05, 0) is 96.3 Å². The van der Waals surface area contributed by atoms with Gasteiger partial charge in [-0.2, -0.15) is 0 Å². The number of ether oxygens (including phenoxy) is 2. The van der Waals surface area contributed by atoms with Crippen LogP contribution in [0.2, 0.25) is 0 Å². The molecular weight excluding hydrogens is 962 g/mol. The Kier molecular flexibility index (Phi) is 37.7. The number of unbranched alkanes of at least 4 members (excludes halogenated alkanes) is 9. The lowest BCUT2D eigenvalue weighted by Crippen LogP contribution is -2.64. The summed E-state index contributed by atoms with van der Waals surface area (Å²) in [6, 6.07) is 0. The molecule has 0 spiro atoms. The molecule has 7 unspecified atom stereocenters. The molecule has 1 aliphatic carbocycles. The summed E-state index contributed by atoms with van der Waals surface area (Å²) in [5.74, 6) is -1.53. The average molecular weight is 1050 g/mol. The van der Waals surface area contributed by atoms with E-state index >= 15 is 0 Å². The van der Waals surface area contributed by atoms with E-state index in [0.29, 0.717) is 12.8 Å². The van der Waals surface area contributed by atoms with Gasteiger partial charge in [0.2, 0.25) is 0 Å². The van der Waals surface area contributed by atoms with Crippen LogP contribution in [0.4, 0.5) is 0 Å². The second kappa shape index (κ2) is 40.5. The molecule has 0 heterocycles. The van der Waals surface area contributed by atoms with Crippen LogP contribution in [0.3, 0.4) is 0 Å². The summed E-state index contributed by atoms with van der Waals surface area (Å²) in [5.41, 5.74) is 0. The van der Waals surface area contributed by atoms with Crippen molar-refractivity contribution in [1.82, 2.24) is 0 Å². The van der Waals surface area contributed by atoms with Crippen LogP contribution in [0.5, 0.6) is 0 Å². The Balaban J connectivity index is 2.70. The second-order valence-corrected chi connectivity index (χ2v) is 20.1. The first-order valence-corrected chi connectivity index (χ1v) is 28.3. The highest BCUT2D eigenvalue weighted by Gasteiger charge is 2.54. The van der Waals surface area contributed by atoms with Gasteiger partial charge in [-0.1, -0.05) is 131 Å². The molecule has 408 valence electrons. The van der Waals surface area contributed by atoms with Gasteiger partial charge in [-0.25, -0.2) is 9.13 Å². The standard InChI is InChI=1S/C51H86O18P2/c1-3-5-7-9-11-13-15-17-18-19-20-21-22-23-25-27-29-31-33-37-44(54)65-39-41(40-66-71(63,64)69-51-48(58)46(56)47(57)50(49(51)59)68-70(60,61)62)67-45(55)38-34-36-43(53)42(52)35-32-30-28-26-24-16-14-12-10-8-6-4-2/h11-14,17-18,20-21,23-26,30,32,41-43,46-53,56-59H,3-10,15-16,19,22,27-29,31,33-40H2,1-2H3,(H,63,64)(H2,60,61,62)/b13-11-,14-12-,18-17-,21-20-,25-23-,26-24-,32-30-/t41-,42?,43?,46?,47?,48?,49?,50-,51+/m1/s1. The lowest BCUT2D eigenvalue weighted by atomic mass is 9.85. The smallest absolute Gasteiger partial charge is 0.462 e. The summed E-state index contributed by atoms with van der Waals surface area (Å²) in [4.78, 5) is 54.4. The van der Waals surface area contributed by atoms with Crippen molar-refractivity contribution in [2.45, 2.75) is 210 Å². The molecule has 0 saturated heterocycles. The van der Waals surface area contributed by atoms with Gasteiger partial charge in [0.15, 0.2) is 6.10 Å². The molecule has 0 bridgehead atoms. The highest BCUT2D eigenvalue weighted by Crippen LogP contribution is 2.49. The molecule has 0 aromatic carbocycles. The minimum absolute atomic E-state index is 0.0180. The molecule has 10 atom stereocenters. The third kappa shape index (κ3) is 34.3. The molecular formula is C51H86O18P2. The topological polar surface area (TPSA) is 296 Å². The predicted molar refractivity (Wildman–Crippen MR) is 271 cm³/mol. The van der Waals surface area contributed by atoms with Gasteiger partial charge in [0.1, 0.15) is 43.2 Å². The summed E-state index contributed by atoms with van der Waals surface area (Å²) in [7, 11) is -10.8. The van der Waals surface area contributed by atoms with Crippen molar-refractivity contribution in [1.29, 1.82) is 0 Å². The Bertz CT molecular complexity index is 1720. The van der Waals surface area contributed by atoms with Crippen molar-refractivity contribution in [2.24, 2.45) is 0 Å². The summed E-state index contributed by atoms with van der Waals surface area (Å²) in [5, 5.41) is 62.2. The quantitative estimate of drug-likeness (QED) is 0.0121. The number of rotatable bonds is 41. The monoisotopic (exact) mass is 1050 g/mol. The number of allylic oxidation sites excluding steroid dienone is 13. The molecule has 71 heavy (non-hydrogen) atoms. The summed E-state index contributed by atoms with van der Waals surface area (Å²) in [6.07, 6.45) is 28.2. The van der Waals surface area contributed by atoms with Crippen LogP contribution < -0.4 is 0 Å². The van der Waals surface area contributed by atoms with Gasteiger partial charge in [-0.15, -0.1) is 0 Å². The van der Waals surface area contributed by atoms with Crippen molar-refractivity contribution >= 4 is 27.6 Å². The van der Waals surface area contributed by atoms with E-state index in [4.69, 9.17) is 18.5 Å². The van der Waals surface area contributed by atoms with E-state index < -0.39 is 95.7 Å². The summed E-state index contributed by atoms with van der Waals surface area (Å²) in [6.45, 7) is 2.78. The Morgan fingerprint density at radius 2 is 0.958 bits per heavy atom. The zero-order chi connectivity index (χ0) is 52.8. The van der Waals surface area contributed by atoms with Gasteiger partial charge in [-0.3, -0.25) is 23.2 Å². The molecule has 1 aliphatic rings. The third-order valence-corrected chi connectivity index (χ3v) is 12.6. The molecule has 0 radical (unpaired) electrons. The fourth-order valence-electron chi connectivity index (χ4n) is 7.05. The maximum atomic E-state index is 13.0. The predicted octanol–water partition coefficient (Wildman–Crippen LogP) is 8.12. The van der Waals surface area contributed by atoms with Gasteiger partial charge in [0, 0.05) is 12.8 Å². The molecule has 1 fully saturated rings. The van der Waals surface area contributed by atoms with E-state index in [9.17, 15) is 64.0 Å². The van der Waals surface area contributed by atoms with Crippen molar-refractivity contribution in [3.8, 4) is 0 Å². The molecule has 0 aromatic rings. The fourth-order valence-corrected chi connectivity index (χ4v) is 8.59. The van der Waals surface area contributed by atoms with E-state index in [2.05, 4.69) is 85.2 Å². The molecule has 1 saturated carbocycles. The van der Waals surface area contributed by atoms with Crippen molar-refractivity contribution < 1.29 is 87.1 Å². The van der Waals surface area contributed by atoms with Crippen LogP contribution in [0, 0.1) is 0 Å².